The molecular formula is C20H23N3O3S. The van der Waals surface area contributed by atoms with Gasteiger partial charge in [-0.3, -0.25) is 19.3 Å². The molecule has 0 bridgehead atoms. The third kappa shape index (κ3) is 4.43. The summed E-state index contributed by atoms with van der Waals surface area (Å²) in [6.45, 7) is 3.21. The van der Waals surface area contributed by atoms with Crippen LogP contribution < -0.4 is 11.1 Å². The van der Waals surface area contributed by atoms with Crippen molar-refractivity contribution in [2.45, 2.75) is 25.8 Å². The van der Waals surface area contributed by atoms with Crippen LogP contribution in [-0.2, 0) is 4.79 Å². The molecule has 3 N–H and O–H groups in total. The minimum atomic E-state index is -0.556. The Morgan fingerprint density at radius 2 is 1.81 bits per heavy atom. The van der Waals surface area contributed by atoms with Gasteiger partial charge in [-0.15, -0.1) is 11.3 Å². The number of carbonyl (C=O) groups excluding carboxylic acids is 3. The van der Waals surface area contributed by atoms with Crippen molar-refractivity contribution in [1.82, 2.24) is 4.90 Å². The molecule has 1 aliphatic heterocycles. The molecule has 7 heteroatoms. The smallest absolute Gasteiger partial charge is 0.251 e. The molecule has 1 fully saturated rings. The second-order valence-electron chi connectivity index (χ2n) is 6.73. The van der Waals surface area contributed by atoms with E-state index in [1.165, 1.54) is 11.3 Å². The van der Waals surface area contributed by atoms with Crippen molar-refractivity contribution in [2.24, 2.45) is 11.7 Å². The normalized spacial score (nSPS) is 16.6. The molecule has 2 aromatic rings. The Morgan fingerprint density at radius 1 is 1.15 bits per heavy atom. The first-order valence-corrected chi connectivity index (χ1v) is 9.87. The van der Waals surface area contributed by atoms with Crippen LogP contribution in [0.1, 0.15) is 40.5 Å². The third-order valence-corrected chi connectivity index (χ3v) is 5.88. The largest absolute Gasteiger partial charge is 0.366 e. The lowest BCUT2D eigenvalue weighted by atomic mass is 9.88. The van der Waals surface area contributed by atoms with Crippen LogP contribution in [0.5, 0.6) is 0 Å². The second-order valence-corrected chi connectivity index (χ2v) is 7.65. The lowest BCUT2D eigenvalue weighted by Crippen LogP contribution is -2.47. The van der Waals surface area contributed by atoms with Crippen LogP contribution >= 0.6 is 11.3 Å². The average molecular weight is 385 g/mol. The second kappa shape index (κ2) is 8.45. The number of benzene rings is 1. The van der Waals surface area contributed by atoms with Crippen LogP contribution in [0.25, 0.3) is 0 Å². The van der Waals surface area contributed by atoms with Crippen LogP contribution in [0, 0.1) is 5.92 Å². The van der Waals surface area contributed by atoms with Crippen LogP contribution in [0.4, 0.5) is 5.00 Å². The fourth-order valence-corrected chi connectivity index (χ4v) is 4.16. The number of thiophene rings is 1. The molecule has 0 radical (unpaired) electrons. The van der Waals surface area contributed by atoms with Crippen LogP contribution in [0.2, 0.25) is 0 Å². The number of ketones is 1. The SMILES string of the molecule is C[C@@H](C(=O)Nc1sccc1C(N)=O)N1CCC(C(=O)c2ccccc2)CC1. The average Bonchev–Trinajstić information content (AvgIpc) is 3.16. The number of anilines is 1. The molecule has 1 atom stereocenters. The highest BCUT2D eigenvalue weighted by atomic mass is 32.1. The van der Waals surface area contributed by atoms with E-state index in [4.69, 9.17) is 5.73 Å². The highest BCUT2D eigenvalue weighted by Gasteiger charge is 2.30. The maximum absolute atomic E-state index is 12.6. The summed E-state index contributed by atoms with van der Waals surface area (Å²) in [4.78, 5) is 38.6. The van der Waals surface area contributed by atoms with Gasteiger partial charge in [0.1, 0.15) is 5.00 Å². The lowest BCUT2D eigenvalue weighted by Gasteiger charge is -2.34. The molecule has 27 heavy (non-hydrogen) atoms. The zero-order valence-electron chi connectivity index (χ0n) is 15.2. The molecule has 6 nitrogen and oxygen atoms in total. The number of carbonyl (C=O) groups is 3. The summed E-state index contributed by atoms with van der Waals surface area (Å²) in [5.41, 5.74) is 6.39. The summed E-state index contributed by atoms with van der Waals surface area (Å²) < 4.78 is 0. The van der Waals surface area contributed by atoms with Gasteiger partial charge in [0.15, 0.2) is 5.78 Å². The Kier molecular flexibility index (Phi) is 6.03. The standard InChI is InChI=1S/C20H23N3O3S/c1-13(19(26)22-20-16(18(21)25)9-12-27-20)23-10-7-15(8-11-23)17(24)14-5-3-2-4-6-14/h2-6,9,12-13,15H,7-8,10-11H2,1H3,(H2,21,25)(H,22,26)/t13-/m0/s1. The van der Waals surface area contributed by atoms with Gasteiger partial charge in [0.25, 0.3) is 5.91 Å². The van der Waals surface area contributed by atoms with Crippen molar-refractivity contribution in [1.29, 1.82) is 0 Å². The van der Waals surface area contributed by atoms with Crippen LogP contribution in [-0.4, -0.2) is 41.6 Å². The third-order valence-electron chi connectivity index (χ3n) is 5.05. The molecule has 0 aliphatic carbocycles. The van der Waals surface area contributed by atoms with E-state index in [0.29, 0.717) is 23.7 Å². The number of rotatable bonds is 6. The number of nitrogens with zero attached hydrogens (tertiary/aromatic N) is 1. The number of likely N-dealkylation sites (tertiary alicyclic amines) is 1. The van der Waals surface area contributed by atoms with Crippen molar-refractivity contribution < 1.29 is 14.4 Å². The first kappa shape index (κ1) is 19.3. The summed E-state index contributed by atoms with van der Waals surface area (Å²) in [6, 6.07) is 10.6. The molecule has 0 spiro atoms. The highest BCUT2D eigenvalue weighted by molar-refractivity contribution is 7.14. The summed E-state index contributed by atoms with van der Waals surface area (Å²) in [5, 5.41) is 5.00. The first-order valence-electron chi connectivity index (χ1n) is 8.99. The molecule has 1 aromatic carbocycles. The molecule has 1 aliphatic rings. The van der Waals surface area contributed by atoms with Gasteiger partial charge in [-0.05, 0) is 44.3 Å². The Bertz CT molecular complexity index is 826. The van der Waals surface area contributed by atoms with Crippen molar-refractivity contribution in [3.05, 3.63) is 52.9 Å². The Labute approximate surface area is 162 Å². The van der Waals surface area contributed by atoms with Gasteiger partial charge >= 0.3 is 0 Å². The zero-order valence-corrected chi connectivity index (χ0v) is 16.0. The van der Waals surface area contributed by atoms with Gasteiger partial charge in [0.05, 0.1) is 11.6 Å². The van der Waals surface area contributed by atoms with E-state index in [-0.39, 0.29) is 23.7 Å². The summed E-state index contributed by atoms with van der Waals surface area (Å²) >= 11 is 1.28. The molecular weight excluding hydrogens is 362 g/mol. The van der Waals surface area contributed by atoms with Gasteiger partial charge in [-0.2, -0.15) is 0 Å². The maximum atomic E-state index is 12.6. The van der Waals surface area contributed by atoms with Gasteiger partial charge in [0, 0.05) is 11.5 Å². The van der Waals surface area contributed by atoms with Crippen molar-refractivity contribution >= 4 is 33.9 Å². The zero-order chi connectivity index (χ0) is 19.4. The number of primary amides is 1. The minimum Gasteiger partial charge on any atom is -0.366 e. The molecule has 0 saturated carbocycles. The van der Waals surface area contributed by atoms with E-state index >= 15 is 0 Å². The molecule has 142 valence electrons. The van der Waals surface area contributed by atoms with E-state index in [9.17, 15) is 14.4 Å². The molecule has 2 heterocycles. The van der Waals surface area contributed by atoms with Gasteiger partial charge < -0.3 is 11.1 Å². The van der Waals surface area contributed by atoms with E-state index < -0.39 is 5.91 Å². The highest BCUT2D eigenvalue weighted by Crippen LogP contribution is 2.25. The molecule has 2 amide bonds. The Hall–Kier alpha value is -2.51. The van der Waals surface area contributed by atoms with E-state index in [2.05, 4.69) is 10.2 Å². The maximum Gasteiger partial charge on any atom is 0.251 e. The molecule has 1 aromatic heterocycles. The number of Topliss-reactive ketones (excluding diaryl/α,β-unsaturated/α-hetero) is 1. The number of piperidine rings is 1. The molecule has 0 unspecified atom stereocenters. The van der Waals surface area contributed by atoms with Crippen molar-refractivity contribution in [3.63, 3.8) is 0 Å². The molecule has 3 rings (SSSR count). The number of hydrogen-bond donors (Lipinski definition) is 2. The summed E-state index contributed by atoms with van der Waals surface area (Å²) in [5.74, 6) is -0.554. The number of nitrogens with two attached hydrogens (primary N) is 1. The number of hydrogen-bond acceptors (Lipinski definition) is 5. The van der Waals surface area contributed by atoms with Crippen molar-refractivity contribution in [3.8, 4) is 0 Å². The van der Waals surface area contributed by atoms with Crippen LogP contribution in [0.15, 0.2) is 41.8 Å². The fourth-order valence-electron chi connectivity index (χ4n) is 3.37. The predicted molar refractivity (Wildman–Crippen MR) is 106 cm³/mol. The Balaban J connectivity index is 1.55. The number of amides is 2. The quantitative estimate of drug-likeness (QED) is 0.748. The van der Waals surface area contributed by atoms with E-state index in [1.807, 2.05) is 37.3 Å². The summed E-state index contributed by atoms with van der Waals surface area (Å²) in [6.07, 6.45) is 1.47. The monoisotopic (exact) mass is 385 g/mol. The summed E-state index contributed by atoms with van der Waals surface area (Å²) in [7, 11) is 0. The molecule has 1 saturated heterocycles. The fraction of sp³-hybridized carbons (Fsp3) is 0.350. The van der Waals surface area contributed by atoms with Crippen LogP contribution in [0.3, 0.4) is 0 Å². The Morgan fingerprint density at radius 3 is 2.44 bits per heavy atom. The first-order chi connectivity index (χ1) is 13.0. The lowest BCUT2D eigenvalue weighted by molar-refractivity contribution is -0.121. The minimum absolute atomic E-state index is 0.00216. The van der Waals surface area contributed by atoms with Gasteiger partial charge in [-0.1, -0.05) is 30.3 Å². The van der Waals surface area contributed by atoms with E-state index in [1.54, 1.807) is 11.4 Å². The topological polar surface area (TPSA) is 92.5 Å². The predicted octanol–water partition coefficient (Wildman–Crippen LogP) is 2.77. The van der Waals surface area contributed by atoms with Gasteiger partial charge in [0.2, 0.25) is 5.91 Å². The van der Waals surface area contributed by atoms with Crippen molar-refractivity contribution in [2.75, 3.05) is 18.4 Å². The van der Waals surface area contributed by atoms with E-state index in [0.717, 1.165) is 18.4 Å². The number of nitrogens with one attached hydrogen (secondary N) is 1. The van der Waals surface area contributed by atoms with Gasteiger partial charge in [-0.25, -0.2) is 0 Å².